The van der Waals surface area contributed by atoms with E-state index in [1.807, 2.05) is 0 Å². The summed E-state index contributed by atoms with van der Waals surface area (Å²) < 4.78 is 80.7. The predicted molar refractivity (Wildman–Crippen MR) is 112 cm³/mol. The monoisotopic (exact) mass is 478 g/mol. The minimum absolute atomic E-state index is 0.0206. The van der Waals surface area contributed by atoms with E-state index in [0.717, 1.165) is 6.07 Å². The molecule has 2 aromatic heterocycles. The zero-order chi connectivity index (χ0) is 23.5. The Labute approximate surface area is 179 Å². The molecule has 5 nitrogen and oxygen atoms in total. The number of nitrogens with zero attached hydrogens (tertiary/aromatic N) is 3. The molecule has 1 saturated carbocycles. The van der Waals surface area contributed by atoms with Crippen LogP contribution in [0.1, 0.15) is 43.2 Å². The summed E-state index contributed by atoms with van der Waals surface area (Å²) in [6.45, 7) is 3.08. The van der Waals surface area contributed by atoms with Gasteiger partial charge in [0.05, 0.1) is 16.9 Å². The molecule has 1 N–H and O–H groups in total. The van der Waals surface area contributed by atoms with E-state index in [2.05, 4.69) is 15.3 Å². The second-order valence-electron chi connectivity index (χ2n) is 8.07. The summed E-state index contributed by atoms with van der Waals surface area (Å²) in [6, 6.07) is 3.14. The molecule has 174 valence electrons. The van der Waals surface area contributed by atoms with E-state index in [1.165, 1.54) is 29.8 Å². The number of hydrogen-bond acceptors (Lipinski definition) is 4. The number of alkyl halides is 1. The molecule has 1 atom stereocenters. The highest BCUT2D eigenvalue weighted by atomic mass is 32.5. The molecule has 3 aromatic rings. The third-order valence-corrected chi connectivity index (χ3v) is 6.62. The minimum atomic E-state index is -9.82. The first-order valence-corrected chi connectivity index (χ1v) is 11.7. The van der Waals surface area contributed by atoms with E-state index in [4.69, 9.17) is 0 Å². The number of hydrogen-bond donors (Lipinski definition) is 1. The average molecular weight is 478 g/mol. The summed E-state index contributed by atoms with van der Waals surface area (Å²) in [5.41, 5.74) is -0.0619. The van der Waals surface area contributed by atoms with Gasteiger partial charge in [-0.3, -0.25) is 4.79 Å². The van der Waals surface area contributed by atoms with Crippen molar-refractivity contribution in [1.29, 1.82) is 0 Å². The van der Waals surface area contributed by atoms with Crippen molar-refractivity contribution < 1.29 is 23.8 Å². The molecular formula is C20H20F6N4OS. The van der Waals surface area contributed by atoms with Gasteiger partial charge in [0.15, 0.2) is 0 Å². The Hall–Kier alpha value is -2.76. The molecule has 12 heteroatoms. The molecule has 0 bridgehead atoms. The van der Waals surface area contributed by atoms with Crippen LogP contribution in [-0.2, 0) is 0 Å². The molecule has 0 aliphatic heterocycles. The van der Waals surface area contributed by atoms with Gasteiger partial charge < -0.3 is 9.88 Å². The molecule has 32 heavy (non-hydrogen) atoms. The van der Waals surface area contributed by atoms with Gasteiger partial charge in [0.2, 0.25) is 0 Å². The zero-order valence-corrected chi connectivity index (χ0v) is 17.9. The second-order valence-corrected chi connectivity index (χ2v) is 10.5. The molecule has 0 unspecified atom stereocenters. The Morgan fingerprint density at radius 2 is 1.81 bits per heavy atom. The molecule has 1 fully saturated rings. The van der Waals surface area contributed by atoms with Crippen molar-refractivity contribution in [3.05, 3.63) is 58.3 Å². The van der Waals surface area contributed by atoms with Crippen molar-refractivity contribution >= 4 is 26.9 Å². The van der Waals surface area contributed by atoms with Crippen molar-refractivity contribution in [2.45, 2.75) is 49.8 Å². The van der Waals surface area contributed by atoms with Gasteiger partial charge in [-0.05, 0) is 44.4 Å². The highest BCUT2D eigenvalue weighted by Crippen LogP contribution is 3.02. The Bertz CT molecular complexity index is 1270. The largest absolute Gasteiger partial charge is 0.363 e. The Kier molecular flexibility index (Phi) is 4.64. The van der Waals surface area contributed by atoms with Gasteiger partial charge in [-0.1, -0.05) is 31.6 Å². The number of pyridine rings is 1. The highest BCUT2D eigenvalue weighted by Gasteiger charge is 2.65. The summed E-state index contributed by atoms with van der Waals surface area (Å²) in [6.07, 6.45) is 0.932. The number of fused-ring (bicyclic) bond motifs is 1. The zero-order valence-electron chi connectivity index (χ0n) is 17.0. The second kappa shape index (κ2) is 6.63. The van der Waals surface area contributed by atoms with Crippen LogP contribution in [0.2, 0.25) is 0 Å². The van der Waals surface area contributed by atoms with Crippen molar-refractivity contribution in [3.8, 4) is 0 Å². The number of aryl methyl sites for hydroxylation is 1. The molecule has 1 aliphatic carbocycles. The van der Waals surface area contributed by atoms with Crippen LogP contribution in [0.4, 0.5) is 29.6 Å². The Balaban J connectivity index is 1.73. The summed E-state index contributed by atoms with van der Waals surface area (Å²) in [5, 5.41) is 3.35. The molecule has 0 radical (unpaired) electrons. The summed E-state index contributed by atoms with van der Waals surface area (Å²) in [4.78, 5) is 18.9. The standard InChI is InChI=1S/C20H20F6N4OS/c1-11(13-4-3-5-16(6-13)32(22,23,24,25)26)27-20-17-10-30(15-7-14(21)8-15)19(31)9-18(17)28-12(2)29-20/h3-6,9-11,14-15H,7-8H2,1-2H3,(H,27,28,29)/t11-,14?,15?/m1/s1. The van der Waals surface area contributed by atoms with Gasteiger partial charge in [0.25, 0.3) is 5.56 Å². The number of rotatable bonds is 5. The number of benzene rings is 1. The van der Waals surface area contributed by atoms with Crippen LogP contribution in [-0.4, -0.2) is 20.7 Å². The van der Waals surface area contributed by atoms with Gasteiger partial charge in [-0.15, -0.1) is 0 Å². The summed E-state index contributed by atoms with van der Waals surface area (Å²) in [5.74, 6) is 0.528. The highest BCUT2D eigenvalue weighted by molar-refractivity contribution is 8.45. The third kappa shape index (κ3) is 4.41. The predicted octanol–water partition coefficient (Wildman–Crippen LogP) is 6.60. The van der Waals surface area contributed by atoms with Crippen LogP contribution in [0.25, 0.3) is 10.9 Å². The van der Waals surface area contributed by atoms with Crippen LogP contribution in [0.15, 0.2) is 46.2 Å². The number of aromatic nitrogens is 3. The lowest BCUT2D eigenvalue weighted by atomic mass is 9.90. The van der Waals surface area contributed by atoms with Crippen LogP contribution in [0.3, 0.4) is 0 Å². The topological polar surface area (TPSA) is 59.8 Å². The smallest absolute Gasteiger partial charge is 0.310 e. The average Bonchev–Trinajstić information content (AvgIpc) is 2.63. The van der Waals surface area contributed by atoms with Gasteiger partial charge in [0, 0.05) is 18.3 Å². The lowest BCUT2D eigenvalue weighted by Crippen LogP contribution is -2.34. The van der Waals surface area contributed by atoms with E-state index in [-0.39, 0.29) is 35.8 Å². The van der Waals surface area contributed by atoms with Crippen molar-refractivity contribution in [1.82, 2.24) is 14.5 Å². The quantitative estimate of drug-likeness (QED) is 0.420. The van der Waals surface area contributed by atoms with E-state index >= 15 is 0 Å². The fourth-order valence-electron chi connectivity index (χ4n) is 3.69. The molecular weight excluding hydrogens is 458 g/mol. The molecule has 0 saturated heterocycles. The van der Waals surface area contributed by atoms with Crippen molar-refractivity contribution in [2.24, 2.45) is 0 Å². The van der Waals surface area contributed by atoms with Crippen molar-refractivity contribution in [3.63, 3.8) is 0 Å². The fourth-order valence-corrected chi connectivity index (χ4v) is 4.39. The fraction of sp³-hybridized carbons (Fsp3) is 0.350. The first-order chi connectivity index (χ1) is 14.6. The third-order valence-electron chi connectivity index (χ3n) is 5.48. The summed E-state index contributed by atoms with van der Waals surface area (Å²) in [7, 11) is -9.82. The lowest BCUT2D eigenvalue weighted by molar-refractivity contribution is 0.134. The normalized spacial score (nSPS) is 22.0. The van der Waals surface area contributed by atoms with E-state index in [0.29, 0.717) is 28.9 Å². The Morgan fingerprint density at radius 1 is 1.12 bits per heavy atom. The molecule has 1 aliphatic rings. The maximum atomic E-state index is 13.3. The SMILES string of the molecule is Cc1nc(N[C@H](C)c2cccc(S(F)(F)(F)(F)F)c2)c2cn(C3CC(F)C3)c(=O)cc2n1. The van der Waals surface area contributed by atoms with Crippen LogP contribution in [0.5, 0.6) is 0 Å². The number of halogens is 6. The van der Waals surface area contributed by atoms with Gasteiger partial charge in [-0.2, -0.15) is 0 Å². The van der Waals surface area contributed by atoms with E-state index in [1.54, 1.807) is 6.92 Å². The first-order valence-electron chi connectivity index (χ1n) is 9.76. The number of anilines is 1. The van der Waals surface area contributed by atoms with Crippen LogP contribution >= 0.6 is 10.2 Å². The van der Waals surface area contributed by atoms with Gasteiger partial charge in [0.1, 0.15) is 22.7 Å². The van der Waals surface area contributed by atoms with E-state index in [9.17, 15) is 28.6 Å². The van der Waals surface area contributed by atoms with Gasteiger partial charge in [-0.25, -0.2) is 14.4 Å². The van der Waals surface area contributed by atoms with Crippen molar-refractivity contribution in [2.75, 3.05) is 5.32 Å². The molecule has 1 aromatic carbocycles. The molecule has 0 spiro atoms. The first kappa shape index (κ1) is 22.4. The maximum Gasteiger partial charge on any atom is 0.310 e. The summed E-state index contributed by atoms with van der Waals surface area (Å²) >= 11 is 0. The number of nitrogens with one attached hydrogen (secondary N) is 1. The van der Waals surface area contributed by atoms with E-state index < -0.39 is 27.3 Å². The molecule has 2 heterocycles. The maximum absolute atomic E-state index is 13.3. The van der Waals surface area contributed by atoms with Crippen LogP contribution in [0, 0.1) is 6.92 Å². The molecule has 0 amide bonds. The van der Waals surface area contributed by atoms with Crippen LogP contribution < -0.4 is 10.9 Å². The van der Waals surface area contributed by atoms with Gasteiger partial charge >= 0.3 is 10.2 Å². The Morgan fingerprint density at radius 3 is 2.44 bits per heavy atom. The lowest BCUT2D eigenvalue weighted by Gasteiger charge is -2.40. The molecule has 4 rings (SSSR count). The minimum Gasteiger partial charge on any atom is -0.363 e.